The third kappa shape index (κ3) is 4.77. The maximum atomic E-state index is 5.49. The quantitative estimate of drug-likeness (QED) is 0.705. The number of nitrogens with one attached hydrogen (secondary N) is 1. The van der Waals surface area contributed by atoms with Crippen LogP contribution in [0.25, 0.3) is 0 Å². The summed E-state index contributed by atoms with van der Waals surface area (Å²) in [4.78, 5) is 1.27. The van der Waals surface area contributed by atoms with Crippen LogP contribution in [0.15, 0.2) is 57.9 Å². The number of thioether (sulfide) groups is 1. The lowest BCUT2D eigenvalue weighted by Gasteiger charge is -2.17. The van der Waals surface area contributed by atoms with Crippen molar-refractivity contribution in [3.63, 3.8) is 0 Å². The largest absolute Gasteiger partial charge is 0.494 e. The number of hydrogen-bond acceptors (Lipinski definition) is 3. The molecule has 0 aliphatic heterocycles. The summed E-state index contributed by atoms with van der Waals surface area (Å²) in [6.07, 6.45) is 0. The molecular formula is C17H20BrNOS. The summed E-state index contributed by atoms with van der Waals surface area (Å²) in [5, 5.41) is 3.38. The van der Waals surface area contributed by atoms with Crippen molar-refractivity contribution in [1.82, 2.24) is 5.32 Å². The van der Waals surface area contributed by atoms with Gasteiger partial charge in [0.05, 0.1) is 6.61 Å². The van der Waals surface area contributed by atoms with E-state index in [1.807, 2.05) is 43.9 Å². The Hall–Kier alpha value is -0.970. The third-order valence-electron chi connectivity index (χ3n) is 3.18. The van der Waals surface area contributed by atoms with Gasteiger partial charge in [0.15, 0.2) is 0 Å². The third-order valence-corrected chi connectivity index (χ3v) is 5.31. The Morgan fingerprint density at radius 1 is 1.14 bits per heavy atom. The molecule has 0 amide bonds. The van der Waals surface area contributed by atoms with Crippen LogP contribution in [0.3, 0.4) is 0 Å². The fourth-order valence-electron chi connectivity index (χ4n) is 2.04. The number of hydrogen-bond donors (Lipinski definition) is 1. The molecule has 1 atom stereocenters. The maximum absolute atomic E-state index is 5.49. The van der Waals surface area contributed by atoms with Gasteiger partial charge in [-0.05, 0) is 59.7 Å². The van der Waals surface area contributed by atoms with Crippen molar-refractivity contribution in [1.29, 1.82) is 0 Å². The number of ether oxygens (including phenoxy) is 1. The van der Waals surface area contributed by atoms with E-state index in [-0.39, 0.29) is 0 Å². The fourth-order valence-corrected chi connectivity index (χ4v) is 3.76. The molecule has 1 N–H and O–H groups in total. The van der Waals surface area contributed by atoms with Crippen molar-refractivity contribution < 1.29 is 4.74 Å². The molecule has 0 bridgehead atoms. The zero-order chi connectivity index (χ0) is 15.1. The lowest BCUT2D eigenvalue weighted by Crippen LogP contribution is -2.18. The first-order valence-corrected chi connectivity index (χ1v) is 8.79. The minimum Gasteiger partial charge on any atom is -0.494 e. The van der Waals surface area contributed by atoms with Gasteiger partial charge in [-0.2, -0.15) is 0 Å². The monoisotopic (exact) mass is 365 g/mol. The molecule has 4 heteroatoms. The Morgan fingerprint density at radius 2 is 1.86 bits per heavy atom. The molecule has 2 nitrogen and oxygen atoms in total. The van der Waals surface area contributed by atoms with Crippen LogP contribution in [0.5, 0.6) is 5.75 Å². The van der Waals surface area contributed by atoms with Crippen molar-refractivity contribution in [2.75, 3.05) is 19.4 Å². The Kier molecular flexibility index (Phi) is 6.61. The van der Waals surface area contributed by atoms with Gasteiger partial charge in [-0.1, -0.05) is 24.3 Å². The number of rotatable bonds is 7. The standard InChI is InChI=1S/C17H20BrNOS/c1-3-20-14-10-8-13(9-11-14)16(19-2)12-21-17-7-5-4-6-15(17)18/h4-11,16,19H,3,12H2,1-2H3. The lowest BCUT2D eigenvalue weighted by molar-refractivity contribution is 0.340. The summed E-state index contributed by atoms with van der Waals surface area (Å²) in [6, 6.07) is 17.0. The van der Waals surface area contributed by atoms with Gasteiger partial charge in [0.25, 0.3) is 0 Å². The van der Waals surface area contributed by atoms with E-state index in [1.54, 1.807) is 0 Å². The molecule has 0 fully saturated rings. The van der Waals surface area contributed by atoms with Gasteiger partial charge in [0.2, 0.25) is 0 Å². The smallest absolute Gasteiger partial charge is 0.119 e. The molecule has 112 valence electrons. The van der Waals surface area contributed by atoms with Crippen LogP contribution in [-0.4, -0.2) is 19.4 Å². The molecular weight excluding hydrogens is 346 g/mol. The van der Waals surface area contributed by atoms with Gasteiger partial charge in [0.1, 0.15) is 5.75 Å². The minimum absolute atomic E-state index is 0.317. The van der Waals surface area contributed by atoms with Crippen molar-refractivity contribution in [2.24, 2.45) is 0 Å². The first-order chi connectivity index (χ1) is 10.2. The van der Waals surface area contributed by atoms with Crippen LogP contribution in [0, 0.1) is 0 Å². The first-order valence-electron chi connectivity index (χ1n) is 7.02. The van der Waals surface area contributed by atoms with Crippen LogP contribution in [0.1, 0.15) is 18.5 Å². The fraction of sp³-hybridized carbons (Fsp3) is 0.294. The molecule has 21 heavy (non-hydrogen) atoms. The topological polar surface area (TPSA) is 21.3 Å². The highest BCUT2D eigenvalue weighted by atomic mass is 79.9. The Balaban J connectivity index is 2.01. The molecule has 0 aliphatic rings. The number of halogens is 1. The second-order valence-corrected chi connectivity index (χ2v) is 6.50. The Labute approximate surface area is 139 Å². The predicted molar refractivity (Wildman–Crippen MR) is 94.3 cm³/mol. The summed E-state index contributed by atoms with van der Waals surface area (Å²) in [6.45, 7) is 2.70. The van der Waals surface area contributed by atoms with E-state index in [1.165, 1.54) is 10.5 Å². The molecule has 1 unspecified atom stereocenters. The van der Waals surface area contributed by atoms with Gasteiger partial charge in [-0.3, -0.25) is 0 Å². The van der Waals surface area contributed by atoms with Crippen molar-refractivity contribution in [2.45, 2.75) is 17.9 Å². The highest BCUT2D eigenvalue weighted by Gasteiger charge is 2.11. The predicted octanol–water partition coefficient (Wildman–Crippen LogP) is 4.90. The number of benzene rings is 2. The summed E-state index contributed by atoms with van der Waals surface area (Å²) >= 11 is 5.44. The van der Waals surface area contributed by atoms with E-state index >= 15 is 0 Å². The molecule has 0 heterocycles. The Morgan fingerprint density at radius 3 is 2.48 bits per heavy atom. The van der Waals surface area contributed by atoms with Crippen LogP contribution in [0.4, 0.5) is 0 Å². The van der Waals surface area contributed by atoms with E-state index in [9.17, 15) is 0 Å². The highest BCUT2D eigenvalue weighted by Crippen LogP contribution is 2.30. The van der Waals surface area contributed by atoms with Crippen molar-refractivity contribution in [3.05, 3.63) is 58.6 Å². The zero-order valence-corrected chi connectivity index (χ0v) is 14.7. The molecule has 0 aliphatic carbocycles. The second-order valence-electron chi connectivity index (χ2n) is 4.58. The second kappa shape index (κ2) is 8.47. The molecule has 2 aromatic carbocycles. The average molecular weight is 366 g/mol. The SMILES string of the molecule is CCOc1ccc(C(CSc2ccccc2Br)NC)cc1. The molecule has 0 spiro atoms. The first kappa shape index (κ1) is 16.4. The van der Waals surface area contributed by atoms with Crippen LogP contribution in [0.2, 0.25) is 0 Å². The summed E-state index contributed by atoms with van der Waals surface area (Å²) in [5.41, 5.74) is 1.28. The Bertz CT molecular complexity index is 559. The van der Waals surface area contributed by atoms with E-state index < -0.39 is 0 Å². The van der Waals surface area contributed by atoms with Gasteiger partial charge < -0.3 is 10.1 Å². The molecule has 2 rings (SSSR count). The maximum Gasteiger partial charge on any atom is 0.119 e. The van der Waals surface area contributed by atoms with E-state index in [2.05, 4.69) is 51.6 Å². The summed E-state index contributed by atoms with van der Waals surface area (Å²) < 4.78 is 6.64. The minimum atomic E-state index is 0.317. The van der Waals surface area contributed by atoms with Gasteiger partial charge in [-0.25, -0.2) is 0 Å². The normalized spacial score (nSPS) is 12.1. The zero-order valence-electron chi connectivity index (χ0n) is 12.3. The summed E-state index contributed by atoms with van der Waals surface area (Å²) in [5.74, 6) is 1.90. The molecule has 0 saturated heterocycles. The molecule has 2 aromatic rings. The van der Waals surface area contributed by atoms with Crippen molar-refractivity contribution >= 4 is 27.7 Å². The van der Waals surface area contributed by atoms with E-state index in [0.717, 1.165) is 16.0 Å². The van der Waals surface area contributed by atoms with Gasteiger partial charge in [-0.15, -0.1) is 11.8 Å². The van der Waals surface area contributed by atoms with Crippen LogP contribution >= 0.6 is 27.7 Å². The molecule has 0 saturated carbocycles. The summed E-state index contributed by atoms with van der Waals surface area (Å²) in [7, 11) is 2.00. The molecule has 0 radical (unpaired) electrons. The van der Waals surface area contributed by atoms with Crippen LogP contribution < -0.4 is 10.1 Å². The van der Waals surface area contributed by atoms with Gasteiger partial charge >= 0.3 is 0 Å². The highest BCUT2D eigenvalue weighted by molar-refractivity contribution is 9.10. The van der Waals surface area contributed by atoms with Gasteiger partial charge in [0, 0.05) is 21.2 Å². The van der Waals surface area contributed by atoms with Crippen LogP contribution in [-0.2, 0) is 0 Å². The van der Waals surface area contributed by atoms with Crippen molar-refractivity contribution in [3.8, 4) is 5.75 Å². The van der Waals surface area contributed by atoms with E-state index in [4.69, 9.17) is 4.74 Å². The molecule has 0 aromatic heterocycles. The van der Waals surface area contributed by atoms with E-state index in [0.29, 0.717) is 12.6 Å². The average Bonchev–Trinajstić information content (AvgIpc) is 2.51. The lowest BCUT2D eigenvalue weighted by atomic mass is 10.1.